The third-order valence-electron chi connectivity index (χ3n) is 6.92. The Labute approximate surface area is 164 Å². The first kappa shape index (κ1) is 18.3. The van der Waals surface area contributed by atoms with Crippen molar-refractivity contribution in [2.24, 2.45) is 23.2 Å². The predicted octanol–water partition coefficient (Wildman–Crippen LogP) is 3.80. The maximum Gasteiger partial charge on any atom is 0.269 e. The smallest absolute Gasteiger partial charge is 0.269 e. The first-order valence-corrected chi connectivity index (χ1v) is 10.1. The summed E-state index contributed by atoms with van der Waals surface area (Å²) in [6.07, 6.45) is 8.00. The molecule has 4 fully saturated rings. The highest BCUT2D eigenvalue weighted by atomic mass is 32.1. The van der Waals surface area contributed by atoms with E-state index in [1.807, 2.05) is 0 Å². The molecular weight excluding hydrogens is 362 g/mol. The number of hydrogen-bond donors (Lipinski definition) is 2. The number of benzene rings is 1. The largest absolute Gasteiger partial charge is 0.359 e. The molecule has 1 atom stereocenters. The van der Waals surface area contributed by atoms with E-state index >= 15 is 0 Å². The first-order chi connectivity index (χ1) is 12.8. The molecule has 6 nitrogen and oxygen atoms in total. The van der Waals surface area contributed by atoms with Crippen LogP contribution >= 0.6 is 12.2 Å². The Morgan fingerprint density at radius 3 is 2.15 bits per heavy atom. The maximum atomic E-state index is 12.4. The predicted molar refractivity (Wildman–Crippen MR) is 106 cm³/mol. The minimum atomic E-state index is -0.485. The summed E-state index contributed by atoms with van der Waals surface area (Å²) < 4.78 is 0. The molecule has 1 aromatic carbocycles. The average Bonchev–Trinajstić information content (AvgIpc) is 2.60. The molecule has 0 heterocycles. The second-order valence-electron chi connectivity index (χ2n) is 8.73. The van der Waals surface area contributed by atoms with Crippen LogP contribution in [0.3, 0.4) is 0 Å². The van der Waals surface area contributed by atoms with Crippen molar-refractivity contribution >= 4 is 28.9 Å². The van der Waals surface area contributed by atoms with Gasteiger partial charge in [-0.25, -0.2) is 0 Å². The van der Waals surface area contributed by atoms with Gasteiger partial charge in [-0.2, -0.15) is 0 Å². The van der Waals surface area contributed by atoms with Gasteiger partial charge in [0.25, 0.3) is 11.6 Å². The second-order valence-corrected chi connectivity index (χ2v) is 9.14. The molecule has 144 valence electrons. The van der Waals surface area contributed by atoms with E-state index in [0.717, 1.165) is 17.8 Å². The SMILES string of the molecule is C[C@H](NC(=S)NC(=O)c1ccc([N+](=O)[O-])cc1)C12CC3CC(CC(C3)C1)C2. The van der Waals surface area contributed by atoms with Crippen LogP contribution in [0.4, 0.5) is 5.69 Å². The summed E-state index contributed by atoms with van der Waals surface area (Å²) in [4.78, 5) is 22.6. The number of nitrogens with zero attached hydrogens (tertiary/aromatic N) is 1. The normalized spacial score (nSPS) is 32.0. The van der Waals surface area contributed by atoms with Gasteiger partial charge in [-0.05, 0) is 93.0 Å². The molecule has 0 aromatic heterocycles. The van der Waals surface area contributed by atoms with Gasteiger partial charge in [0.05, 0.1) is 4.92 Å². The quantitative estimate of drug-likeness (QED) is 0.466. The van der Waals surface area contributed by atoms with E-state index in [9.17, 15) is 14.9 Å². The van der Waals surface area contributed by atoms with Crippen molar-refractivity contribution in [2.75, 3.05) is 0 Å². The zero-order chi connectivity index (χ0) is 19.2. The minimum absolute atomic E-state index is 0.0392. The molecule has 0 unspecified atom stereocenters. The zero-order valence-electron chi connectivity index (χ0n) is 15.4. The van der Waals surface area contributed by atoms with Crippen LogP contribution in [0.2, 0.25) is 0 Å². The van der Waals surface area contributed by atoms with Gasteiger partial charge >= 0.3 is 0 Å². The Kier molecular flexibility index (Phi) is 4.66. The van der Waals surface area contributed by atoms with E-state index in [0.29, 0.717) is 16.1 Å². The molecule has 0 aliphatic heterocycles. The van der Waals surface area contributed by atoms with Crippen molar-refractivity contribution in [3.05, 3.63) is 39.9 Å². The summed E-state index contributed by atoms with van der Waals surface area (Å²) in [5.74, 6) is 2.25. The number of non-ortho nitro benzene ring substituents is 1. The highest BCUT2D eigenvalue weighted by Gasteiger charge is 2.53. The summed E-state index contributed by atoms with van der Waals surface area (Å²) in [5, 5.41) is 17.1. The number of rotatable bonds is 4. The molecule has 27 heavy (non-hydrogen) atoms. The highest BCUT2D eigenvalue weighted by molar-refractivity contribution is 7.80. The molecule has 0 spiro atoms. The summed E-state index contributed by atoms with van der Waals surface area (Å²) in [5.41, 5.74) is 0.617. The van der Waals surface area contributed by atoms with Gasteiger partial charge in [0, 0.05) is 23.7 Å². The molecule has 1 aromatic rings. The fraction of sp³-hybridized carbons (Fsp3) is 0.600. The lowest BCUT2D eigenvalue weighted by Gasteiger charge is -2.59. The standard InChI is InChI=1S/C20H25N3O3S/c1-12(20-9-13-6-14(10-20)8-15(7-13)11-20)21-19(27)22-18(24)16-2-4-17(5-3-16)23(25)26/h2-5,12-15H,6-11H2,1H3,(H2,21,22,24,27)/t12-,13?,14?,15?,20?/m0/s1. The van der Waals surface area contributed by atoms with Crippen LogP contribution in [0.5, 0.6) is 0 Å². The van der Waals surface area contributed by atoms with Crippen molar-refractivity contribution < 1.29 is 9.72 Å². The molecule has 2 N–H and O–H groups in total. The van der Waals surface area contributed by atoms with Crippen LogP contribution in [0.15, 0.2) is 24.3 Å². The van der Waals surface area contributed by atoms with Crippen molar-refractivity contribution in [3.63, 3.8) is 0 Å². The second kappa shape index (κ2) is 6.86. The van der Waals surface area contributed by atoms with Crippen LogP contribution in [0.25, 0.3) is 0 Å². The summed E-state index contributed by atoms with van der Waals surface area (Å²) in [6, 6.07) is 5.76. The number of thiocarbonyl (C=S) groups is 1. The van der Waals surface area contributed by atoms with Crippen molar-refractivity contribution in [1.29, 1.82) is 0 Å². The van der Waals surface area contributed by atoms with Gasteiger partial charge in [-0.3, -0.25) is 20.2 Å². The van der Waals surface area contributed by atoms with Crippen LogP contribution < -0.4 is 10.6 Å². The van der Waals surface area contributed by atoms with Gasteiger partial charge < -0.3 is 5.32 Å². The number of hydrogen-bond acceptors (Lipinski definition) is 4. The topological polar surface area (TPSA) is 84.3 Å². The number of nitro groups is 1. The molecule has 4 aliphatic rings. The number of amides is 1. The Hall–Kier alpha value is -2.02. The first-order valence-electron chi connectivity index (χ1n) is 9.71. The van der Waals surface area contributed by atoms with E-state index in [1.54, 1.807) is 0 Å². The molecule has 7 heteroatoms. The maximum absolute atomic E-state index is 12.4. The fourth-order valence-corrected chi connectivity index (χ4v) is 6.27. The molecule has 4 bridgehead atoms. The van der Waals surface area contributed by atoms with Gasteiger partial charge in [0.2, 0.25) is 0 Å². The number of nitro benzene ring substituents is 1. The van der Waals surface area contributed by atoms with Crippen molar-refractivity contribution in [1.82, 2.24) is 10.6 Å². The van der Waals surface area contributed by atoms with Gasteiger partial charge in [0.1, 0.15) is 0 Å². The lowest BCUT2D eigenvalue weighted by atomic mass is 9.48. The molecule has 5 rings (SSSR count). The van der Waals surface area contributed by atoms with Crippen molar-refractivity contribution in [3.8, 4) is 0 Å². The molecule has 4 saturated carbocycles. The van der Waals surface area contributed by atoms with Crippen molar-refractivity contribution in [2.45, 2.75) is 51.5 Å². The van der Waals surface area contributed by atoms with E-state index in [2.05, 4.69) is 17.6 Å². The lowest BCUT2D eigenvalue weighted by molar-refractivity contribution is -0.384. The Morgan fingerprint density at radius 2 is 1.67 bits per heavy atom. The van der Waals surface area contributed by atoms with Gasteiger partial charge in [-0.15, -0.1) is 0 Å². The summed E-state index contributed by atoms with van der Waals surface area (Å²) in [6.45, 7) is 2.19. The van der Waals surface area contributed by atoms with Crippen LogP contribution in [0.1, 0.15) is 55.8 Å². The monoisotopic (exact) mass is 387 g/mol. The van der Waals surface area contributed by atoms with Crippen LogP contribution in [-0.2, 0) is 0 Å². The van der Waals surface area contributed by atoms with Crippen LogP contribution in [-0.4, -0.2) is 22.0 Å². The summed E-state index contributed by atoms with van der Waals surface area (Å²) in [7, 11) is 0. The third kappa shape index (κ3) is 3.57. The highest BCUT2D eigenvalue weighted by Crippen LogP contribution is 2.61. The number of nitrogens with one attached hydrogen (secondary N) is 2. The summed E-state index contributed by atoms with van der Waals surface area (Å²) >= 11 is 5.38. The minimum Gasteiger partial charge on any atom is -0.359 e. The lowest BCUT2D eigenvalue weighted by Crippen LogP contribution is -2.57. The molecule has 0 saturated heterocycles. The van der Waals surface area contributed by atoms with E-state index in [-0.39, 0.29) is 17.6 Å². The molecule has 0 radical (unpaired) electrons. The fourth-order valence-electron chi connectivity index (χ4n) is 6.00. The number of carbonyl (C=O) groups is 1. The molecular formula is C20H25N3O3S. The van der Waals surface area contributed by atoms with Gasteiger partial charge in [0.15, 0.2) is 5.11 Å². The Morgan fingerprint density at radius 1 is 1.15 bits per heavy atom. The van der Waals surface area contributed by atoms with E-state index in [1.165, 1.54) is 62.8 Å². The molecule has 1 amide bonds. The third-order valence-corrected chi connectivity index (χ3v) is 7.14. The van der Waals surface area contributed by atoms with E-state index < -0.39 is 4.92 Å². The Balaban J connectivity index is 1.36. The average molecular weight is 388 g/mol. The zero-order valence-corrected chi connectivity index (χ0v) is 16.3. The molecule has 4 aliphatic carbocycles. The van der Waals surface area contributed by atoms with Crippen LogP contribution in [0, 0.1) is 33.3 Å². The van der Waals surface area contributed by atoms with Gasteiger partial charge in [-0.1, -0.05) is 0 Å². The number of carbonyl (C=O) groups excluding carboxylic acids is 1. The Bertz CT molecular complexity index is 742. The van der Waals surface area contributed by atoms with E-state index in [4.69, 9.17) is 12.2 Å².